The molecule has 0 bridgehead atoms. The van der Waals surface area contributed by atoms with Crippen molar-refractivity contribution in [1.82, 2.24) is 19.6 Å². The molecular weight excluding hydrogens is 404 g/mol. The summed E-state index contributed by atoms with van der Waals surface area (Å²) >= 11 is 0. The Bertz CT molecular complexity index is 996. The molecule has 0 aliphatic carbocycles. The van der Waals surface area contributed by atoms with Gasteiger partial charge < -0.3 is 4.90 Å². The number of aryl methyl sites for hydroxylation is 1. The van der Waals surface area contributed by atoms with E-state index in [2.05, 4.69) is 15.3 Å². The van der Waals surface area contributed by atoms with Crippen LogP contribution in [0.25, 0.3) is 0 Å². The second-order valence-corrected chi connectivity index (χ2v) is 9.41. The molecule has 1 aromatic carbocycles. The number of hydrogen-bond donors (Lipinski definition) is 2. The lowest BCUT2D eigenvalue weighted by Crippen LogP contribution is -2.55. The minimum absolute atomic E-state index is 0.0526. The van der Waals surface area contributed by atoms with Crippen molar-refractivity contribution in [2.75, 3.05) is 31.0 Å². The topological polar surface area (TPSA) is 112 Å². The lowest BCUT2D eigenvalue weighted by molar-refractivity contribution is 0.0953. The summed E-state index contributed by atoms with van der Waals surface area (Å²) < 4.78 is 30.1. The Morgan fingerprint density at radius 2 is 2.07 bits per heavy atom. The summed E-state index contributed by atoms with van der Waals surface area (Å²) in [7, 11) is -1.78. The predicted molar refractivity (Wildman–Crippen MR) is 116 cm³/mol. The molecule has 3 N–H and O–H groups in total. The lowest BCUT2D eigenvalue weighted by atomic mass is 10.2. The van der Waals surface area contributed by atoms with Gasteiger partial charge in [-0.15, -0.1) is 0 Å². The summed E-state index contributed by atoms with van der Waals surface area (Å²) in [5.74, 6) is 4.69. The van der Waals surface area contributed by atoms with E-state index in [0.717, 1.165) is 5.56 Å². The van der Waals surface area contributed by atoms with E-state index in [1.807, 2.05) is 39.1 Å². The zero-order valence-corrected chi connectivity index (χ0v) is 18.3. The monoisotopic (exact) mass is 432 g/mol. The van der Waals surface area contributed by atoms with E-state index in [1.165, 1.54) is 14.8 Å². The molecule has 3 rings (SSSR count). The first-order valence-corrected chi connectivity index (χ1v) is 11.1. The average Bonchev–Trinajstić information content (AvgIpc) is 2.73. The van der Waals surface area contributed by atoms with Crippen LogP contribution in [0.15, 0.2) is 42.6 Å². The highest BCUT2D eigenvalue weighted by Gasteiger charge is 2.34. The molecule has 1 atom stereocenters. The number of nitrogens with two attached hydrogens (primary N) is 1. The van der Waals surface area contributed by atoms with Crippen molar-refractivity contribution in [3.63, 3.8) is 0 Å². The summed E-state index contributed by atoms with van der Waals surface area (Å²) in [6.07, 6.45) is 1.39. The van der Waals surface area contributed by atoms with Crippen LogP contribution in [-0.2, 0) is 16.8 Å². The quantitative estimate of drug-likeness (QED) is 0.398. The normalized spacial score (nSPS) is 18.2. The summed E-state index contributed by atoms with van der Waals surface area (Å²) in [6.45, 7) is 5.51. The van der Waals surface area contributed by atoms with E-state index in [4.69, 9.17) is 5.84 Å². The largest absolute Gasteiger partial charge is 0.304 e. The third kappa shape index (κ3) is 4.78. The number of pyridine rings is 1. The third-order valence-electron chi connectivity index (χ3n) is 5.34. The number of nitrogen functional groups attached to an aromatic ring is 1. The van der Waals surface area contributed by atoms with Crippen molar-refractivity contribution < 1.29 is 13.2 Å². The first-order chi connectivity index (χ1) is 14.2. The Morgan fingerprint density at radius 1 is 1.30 bits per heavy atom. The number of piperazine rings is 1. The van der Waals surface area contributed by atoms with Crippen molar-refractivity contribution in [1.29, 1.82) is 0 Å². The van der Waals surface area contributed by atoms with Gasteiger partial charge in [0.25, 0.3) is 5.91 Å². The smallest absolute Gasteiger partial charge is 0.301 e. The van der Waals surface area contributed by atoms with E-state index >= 15 is 0 Å². The van der Waals surface area contributed by atoms with Crippen LogP contribution < -0.4 is 15.6 Å². The number of nitrogens with zero attached hydrogens (tertiary/aromatic N) is 4. The predicted octanol–water partition coefficient (Wildman–Crippen LogP) is 0.881. The summed E-state index contributed by atoms with van der Waals surface area (Å²) in [6, 6.07) is 10.7. The van der Waals surface area contributed by atoms with Crippen molar-refractivity contribution in [2.24, 2.45) is 5.84 Å². The fraction of sp³-hybridized carbons (Fsp3) is 0.400. The SMILES string of the molecule is Cc1cccc(N(Cc2ccc(C(=O)NN)cn2)S(=O)(=O)N2CCN(C)C(C)C2)c1. The van der Waals surface area contributed by atoms with E-state index in [1.54, 1.807) is 18.2 Å². The zero-order valence-electron chi connectivity index (χ0n) is 17.4. The fourth-order valence-corrected chi connectivity index (χ4v) is 5.01. The Kier molecular flexibility index (Phi) is 6.71. The van der Waals surface area contributed by atoms with E-state index < -0.39 is 16.1 Å². The van der Waals surface area contributed by atoms with Crippen LogP contribution in [-0.4, -0.2) is 61.2 Å². The molecule has 0 saturated carbocycles. The number of carbonyl (C=O) groups is 1. The first kappa shape index (κ1) is 22.2. The fourth-order valence-electron chi connectivity index (χ4n) is 3.34. The highest BCUT2D eigenvalue weighted by atomic mass is 32.2. The van der Waals surface area contributed by atoms with Crippen LogP contribution in [0.4, 0.5) is 5.69 Å². The van der Waals surface area contributed by atoms with Gasteiger partial charge in [0, 0.05) is 31.9 Å². The van der Waals surface area contributed by atoms with Crippen molar-refractivity contribution in [3.8, 4) is 0 Å². The number of nitrogens with one attached hydrogen (secondary N) is 1. The number of hydrogen-bond acceptors (Lipinski definition) is 6. The molecule has 1 saturated heterocycles. The minimum Gasteiger partial charge on any atom is -0.301 e. The van der Waals surface area contributed by atoms with Gasteiger partial charge in [0.1, 0.15) is 0 Å². The van der Waals surface area contributed by atoms with Crippen LogP contribution in [0, 0.1) is 6.92 Å². The molecule has 1 aliphatic rings. The molecule has 1 aromatic heterocycles. The van der Waals surface area contributed by atoms with Gasteiger partial charge in [-0.1, -0.05) is 12.1 Å². The molecule has 0 radical (unpaired) electrons. The molecule has 162 valence electrons. The molecule has 1 aliphatic heterocycles. The maximum absolute atomic E-state index is 13.6. The van der Waals surface area contributed by atoms with Crippen LogP contribution in [0.3, 0.4) is 0 Å². The number of likely N-dealkylation sites (N-methyl/N-ethyl adjacent to an activating group) is 1. The standard InChI is InChI=1S/C20H28N6O3S/c1-15-5-4-6-19(11-15)26(14-18-8-7-17(12-22-18)20(27)23-21)30(28,29)25-10-9-24(3)16(2)13-25/h4-8,11-12,16H,9-10,13-14,21H2,1-3H3,(H,23,27). The van der Waals surface area contributed by atoms with Gasteiger partial charge in [-0.25, -0.2) is 5.84 Å². The molecule has 10 heteroatoms. The van der Waals surface area contributed by atoms with Gasteiger partial charge in [-0.3, -0.25) is 19.5 Å². The minimum atomic E-state index is -3.78. The van der Waals surface area contributed by atoms with E-state index in [-0.39, 0.29) is 12.6 Å². The number of anilines is 1. The molecular formula is C20H28N6O3S. The second kappa shape index (κ2) is 9.09. The number of aromatic nitrogens is 1. The Balaban J connectivity index is 1.94. The molecule has 30 heavy (non-hydrogen) atoms. The van der Waals surface area contributed by atoms with Crippen LogP contribution in [0.1, 0.15) is 28.5 Å². The lowest BCUT2D eigenvalue weighted by Gasteiger charge is -2.39. The number of carbonyl (C=O) groups excluding carboxylic acids is 1. The van der Waals surface area contributed by atoms with Crippen LogP contribution in [0.5, 0.6) is 0 Å². The molecule has 1 amide bonds. The van der Waals surface area contributed by atoms with E-state index in [9.17, 15) is 13.2 Å². The number of hydrazine groups is 1. The summed E-state index contributed by atoms with van der Waals surface area (Å²) in [5, 5.41) is 0. The molecule has 1 unspecified atom stereocenters. The molecule has 2 aromatic rings. The maximum atomic E-state index is 13.6. The van der Waals surface area contributed by atoms with Gasteiger partial charge in [0.15, 0.2) is 0 Å². The first-order valence-electron chi connectivity index (χ1n) is 9.73. The Hall–Kier alpha value is -2.53. The van der Waals surface area contributed by atoms with Crippen molar-refractivity contribution in [2.45, 2.75) is 26.4 Å². The Labute approximate surface area is 177 Å². The van der Waals surface area contributed by atoms with Crippen LogP contribution >= 0.6 is 0 Å². The van der Waals surface area contributed by atoms with Gasteiger partial charge in [-0.05, 0) is 50.7 Å². The number of rotatable bonds is 6. The van der Waals surface area contributed by atoms with Crippen molar-refractivity contribution >= 4 is 21.8 Å². The maximum Gasteiger partial charge on any atom is 0.304 e. The molecule has 9 nitrogen and oxygen atoms in total. The number of amides is 1. The van der Waals surface area contributed by atoms with Gasteiger partial charge in [0.2, 0.25) is 0 Å². The van der Waals surface area contributed by atoms with Crippen LogP contribution in [0.2, 0.25) is 0 Å². The average molecular weight is 433 g/mol. The molecule has 0 spiro atoms. The van der Waals surface area contributed by atoms with Gasteiger partial charge >= 0.3 is 10.2 Å². The van der Waals surface area contributed by atoms with E-state index in [0.29, 0.717) is 36.6 Å². The highest BCUT2D eigenvalue weighted by Crippen LogP contribution is 2.25. The van der Waals surface area contributed by atoms with Gasteiger partial charge in [-0.2, -0.15) is 12.7 Å². The third-order valence-corrected chi connectivity index (χ3v) is 7.22. The van der Waals surface area contributed by atoms with Gasteiger partial charge in [0.05, 0.1) is 23.5 Å². The highest BCUT2D eigenvalue weighted by molar-refractivity contribution is 7.90. The summed E-state index contributed by atoms with van der Waals surface area (Å²) in [5.41, 5.74) is 4.42. The Morgan fingerprint density at radius 3 is 2.67 bits per heavy atom. The second-order valence-electron chi connectivity index (χ2n) is 7.55. The number of benzene rings is 1. The van der Waals surface area contributed by atoms with Crippen molar-refractivity contribution in [3.05, 3.63) is 59.4 Å². The molecule has 1 fully saturated rings. The zero-order chi connectivity index (χ0) is 21.9. The summed E-state index contributed by atoms with van der Waals surface area (Å²) in [4.78, 5) is 18.1. The molecule has 2 heterocycles.